The second-order valence-corrected chi connectivity index (χ2v) is 9.27. The summed E-state index contributed by atoms with van der Waals surface area (Å²) in [6, 6.07) is 17.1. The zero-order valence-electron chi connectivity index (χ0n) is 20.0. The van der Waals surface area contributed by atoms with Crippen molar-refractivity contribution in [1.82, 2.24) is 19.9 Å². The molecule has 4 aromatic rings. The predicted molar refractivity (Wildman–Crippen MR) is 138 cm³/mol. The molecule has 8 nitrogen and oxygen atoms in total. The number of imidazole rings is 1. The fraction of sp³-hybridized carbons (Fsp3) is 0.286. The molecule has 184 valence electrons. The van der Waals surface area contributed by atoms with Gasteiger partial charge < -0.3 is 19.9 Å². The van der Waals surface area contributed by atoms with Crippen molar-refractivity contribution in [2.45, 2.75) is 31.8 Å². The SMILES string of the molecule is O=C(NC(Cc1cn(Cc2ccccc2)cn1)C(=O)O)C1CCN(c2cncc3ccccc23)CC1. The Bertz CT molecular complexity index is 1340. The molecule has 1 aliphatic rings. The molecule has 3 heterocycles. The number of carboxylic acids is 1. The van der Waals surface area contributed by atoms with Crippen LogP contribution in [0.5, 0.6) is 0 Å². The van der Waals surface area contributed by atoms with E-state index in [-0.39, 0.29) is 18.2 Å². The van der Waals surface area contributed by atoms with E-state index in [1.165, 1.54) is 0 Å². The molecule has 2 aromatic carbocycles. The highest BCUT2D eigenvalue weighted by Gasteiger charge is 2.29. The maximum Gasteiger partial charge on any atom is 0.326 e. The minimum atomic E-state index is -1.06. The number of amides is 1. The van der Waals surface area contributed by atoms with Gasteiger partial charge in [-0.15, -0.1) is 0 Å². The van der Waals surface area contributed by atoms with Crippen LogP contribution >= 0.6 is 0 Å². The number of hydrogen-bond donors (Lipinski definition) is 2. The average Bonchev–Trinajstić information content (AvgIpc) is 3.35. The Labute approximate surface area is 209 Å². The smallest absolute Gasteiger partial charge is 0.326 e. The number of carbonyl (C=O) groups is 2. The summed E-state index contributed by atoms with van der Waals surface area (Å²) in [7, 11) is 0. The van der Waals surface area contributed by atoms with Crippen molar-refractivity contribution in [1.29, 1.82) is 0 Å². The molecule has 0 aliphatic carbocycles. The lowest BCUT2D eigenvalue weighted by Crippen LogP contribution is -2.47. The summed E-state index contributed by atoms with van der Waals surface area (Å²) >= 11 is 0. The van der Waals surface area contributed by atoms with Gasteiger partial charge in [-0.05, 0) is 18.4 Å². The van der Waals surface area contributed by atoms with Crippen LogP contribution in [0, 0.1) is 5.92 Å². The van der Waals surface area contributed by atoms with E-state index in [1.54, 1.807) is 6.33 Å². The standard InChI is InChI=1S/C28H29N5O3/c34-27(21-10-12-33(13-11-21)26-16-29-15-22-8-4-5-9-24(22)26)31-25(28(35)36)14-23-18-32(19-30-23)17-20-6-2-1-3-7-20/h1-9,15-16,18-19,21,25H,10-14,17H2,(H,31,34)(H,35,36). The molecule has 1 aliphatic heterocycles. The van der Waals surface area contributed by atoms with Crippen molar-refractivity contribution in [3.05, 3.63) is 90.8 Å². The number of nitrogens with one attached hydrogen (secondary N) is 1. The van der Waals surface area contributed by atoms with Gasteiger partial charge in [0.1, 0.15) is 6.04 Å². The topological polar surface area (TPSA) is 100 Å². The molecule has 0 spiro atoms. The molecule has 1 atom stereocenters. The fourth-order valence-corrected chi connectivity index (χ4v) is 4.83. The van der Waals surface area contributed by atoms with Crippen LogP contribution in [0.2, 0.25) is 0 Å². The third-order valence-electron chi connectivity index (χ3n) is 6.78. The molecule has 0 radical (unpaired) electrons. The van der Waals surface area contributed by atoms with Gasteiger partial charge in [0.05, 0.1) is 23.9 Å². The van der Waals surface area contributed by atoms with Gasteiger partial charge in [0, 0.05) is 55.1 Å². The van der Waals surface area contributed by atoms with Gasteiger partial charge in [0.2, 0.25) is 5.91 Å². The predicted octanol–water partition coefficient (Wildman–Crippen LogP) is 3.51. The summed E-state index contributed by atoms with van der Waals surface area (Å²) in [5.74, 6) is -1.48. The van der Waals surface area contributed by atoms with Crippen LogP contribution in [0.4, 0.5) is 5.69 Å². The number of pyridine rings is 1. The van der Waals surface area contributed by atoms with E-state index < -0.39 is 12.0 Å². The van der Waals surface area contributed by atoms with Gasteiger partial charge in [-0.25, -0.2) is 9.78 Å². The lowest BCUT2D eigenvalue weighted by molar-refractivity contribution is -0.142. The van der Waals surface area contributed by atoms with Crippen molar-refractivity contribution < 1.29 is 14.7 Å². The molecular formula is C28H29N5O3. The average molecular weight is 484 g/mol. The molecule has 1 fully saturated rings. The summed E-state index contributed by atoms with van der Waals surface area (Å²) in [6.45, 7) is 2.09. The molecule has 8 heteroatoms. The molecule has 0 saturated carbocycles. The van der Waals surface area contributed by atoms with Gasteiger partial charge in [-0.2, -0.15) is 0 Å². The zero-order chi connectivity index (χ0) is 24.9. The Balaban J connectivity index is 1.18. The fourth-order valence-electron chi connectivity index (χ4n) is 4.83. The number of aliphatic carboxylic acids is 1. The lowest BCUT2D eigenvalue weighted by atomic mass is 9.94. The number of piperidine rings is 1. The zero-order valence-corrected chi connectivity index (χ0v) is 20.0. The Morgan fingerprint density at radius 2 is 1.78 bits per heavy atom. The van der Waals surface area contributed by atoms with Gasteiger partial charge in [-0.3, -0.25) is 9.78 Å². The quantitative estimate of drug-likeness (QED) is 0.398. The second kappa shape index (κ2) is 10.6. The number of nitrogens with zero attached hydrogens (tertiary/aromatic N) is 4. The van der Waals surface area contributed by atoms with Crippen LogP contribution in [0.1, 0.15) is 24.1 Å². The van der Waals surface area contributed by atoms with Gasteiger partial charge in [-0.1, -0.05) is 54.6 Å². The molecule has 2 N–H and O–H groups in total. The van der Waals surface area contributed by atoms with E-state index in [9.17, 15) is 14.7 Å². The molecule has 1 unspecified atom stereocenters. The number of aromatic nitrogens is 3. The first kappa shape index (κ1) is 23.5. The molecular weight excluding hydrogens is 454 g/mol. The van der Waals surface area contributed by atoms with E-state index in [0.717, 1.165) is 35.1 Å². The molecule has 1 amide bonds. The van der Waals surface area contributed by atoms with E-state index in [0.29, 0.717) is 25.1 Å². The van der Waals surface area contributed by atoms with Crippen LogP contribution in [-0.2, 0) is 22.6 Å². The Hall–Kier alpha value is -4.20. The minimum absolute atomic E-state index is 0.142. The maximum atomic E-state index is 13.0. The van der Waals surface area contributed by atoms with E-state index in [4.69, 9.17) is 0 Å². The number of anilines is 1. The summed E-state index contributed by atoms with van der Waals surface area (Å²) < 4.78 is 1.92. The highest BCUT2D eigenvalue weighted by atomic mass is 16.4. The van der Waals surface area contributed by atoms with Gasteiger partial charge in [0.15, 0.2) is 0 Å². The number of rotatable bonds is 8. The number of benzene rings is 2. The van der Waals surface area contributed by atoms with Crippen LogP contribution in [0.25, 0.3) is 10.8 Å². The van der Waals surface area contributed by atoms with E-state index in [1.807, 2.05) is 71.7 Å². The Kier molecular flexibility index (Phi) is 6.93. The van der Waals surface area contributed by atoms with Crippen LogP contribution in [0.15, 0.2) is 79.5 Å². The monoisotopic (exact) mass is 483 g/mol. The van der Waals surface area contributed by atoms with Crippen LogP contribution in [0.3, 0.4) is 0 Å². The number of carboxylic acid groups (broad SMARTS) is 1. The highest BCUT2D eigenvalue weighted by Crippen LogP contribution is 2.29. The first-order valence-electron chi connectivity index (χ1n) is 12.2. The number of fused-ring (bicyclic) bond motifs is 1. The van der Waals surface area contributed by atoms with Crippen molar-refractivity contribution in [3.63, 3.8) is 0 Å². The number of hydrogen-bond acceptors (Lipinski definition) is 5. The maximum absolute atomic E-state index is 13.0. The van der Waals surface area contributed by atoms with E-state index in [2.05, 4.69) is 26.3 Å². The summed E-state index contributed by atoms with van der Waals surface area (Å²) in [5.41, 5.74) is 2.84. The summed E-state index contributed by atoms with van der Waals surface area (Å²) in [4.78, 5) is 35.9. The van der Waals surface area contributed by atoms with Crippen molar-refractivity contribution in [2.75, 3.05) is 18.0 Å². The summed E-state index contributed by atoms with van der Waals surface area (Å²) in [6.07, 6.45) is 8.73. The first-order valence-corrected chi connectivity index (χ1v) is 12.2. The second-order valence-electron chi connectivity index (χ2n) is 9.27. The van der Waals surface area contributed by atoms with E-state index >= 15 is 0 Å². The van der Waals surface area contributed by atoms with Crippen molar-refractivity contribution >= 4 is 28.3 Å². The largest absolute Gasteiger partial charge is 0.480 e. The number of carbonyl (C=O) groups excluding carboxylic acids is 1. The third kappa shape index (κ3) is 5.38. The molecule has 2 aromatic heterocycles. The molecule has 0 bridgehead atoms. The first-order chi connectivity index (χ1) is 17.6. The lowest BCUT2D eigenvalue weighted by Gasteiger charge is -2.33. The minimum Gasteiger partial charge on any atom is -0.480 e. The summed E-state index contributed by atoms with van der Waals surface area (Å²) in [5, 5.41) is 14.7. The highest BCUT2D eigenvalue weighted by molar-refractivity contribution is 5.93. The van der Waals surface area contributed by atoms with Crippen molar-refractivity contribution in [3.8, 4) is 0 Å². The van der Waals surface area contributed by atoms with Crippen LogP contribution < -0.4 is 10.2 Å². The molecule has 36 heavy (non-hydrogen) atoms. The Morgan fingerprint density at radius 3 is 2.56 bits per heavy atom. The third-order valence-corrected chi connectivity index (χ3v) is 6.78. The molecule has 5 rings (SSSR count). The van der Waals surface area contributed by atoms with Crippen molar-refractivity contribution in [2.24, 2.45) is 5.92 Å². The Morgan fingerprint density at radius 1 is 1.03 bits per heavy atom. The van der Waals surface area contributed by atoms with Gasteiger partial charge in [0.25, 0.3) is 0 Å². The normalized spacial score (nSPS) is 15.1. The van der Waals surface area contributed by atoms with Crippen LogP contribution in [-0.4, -0.2) is 50.6 Å². The van der Waals surface area contributed by atoms with Gasteiger partial charge >= 0.3 is 5.97 Å². The molecule has 1 saturated heterocycles.